The smallest absolute Gasteiger partial charge is 0.251 e. The fraction of sp³-hybridized carbons (Fsp3) is 0.533. The van der Waals surface area contributed by atoms with E-state index in [1.807, 2.05) is 0 Å². The van der Waals surface area contributed by atoms with Crippen molar-refractivity contribution in [2.45, 2.75) is 31.7 Å². The Morgan fingerprint density at radius 2 is 1.91 bits per heavy atom. The van der Waals surface area contributed by atoms with Gasteiger partial charge in [-0.1, -0.05) is 12.8 Å². The number of nitrogens with one attached hydrogen (secondary N) is 2. The maximum Gasteiger partial charge on any atom is 0.251 e. The van der Waals surface area contributed by atoms with E-state index in [0.717, 1.165) is 25.7 Å². The Morgan fingerprint density at radius 1 is 1.17 bits per heavy atom. The molecule has 0 unspecified atom stereocenters. The zero-order valence-corrected chi connectivity index (χ0v) is 13.5. The summed E-state index contributed by atoms with van der Waals surface area (Å²) in [5.74, 6) is 0.664. The normalized spacial score (nSPS) is 17.4. The van der Waals surface area contributed by atoms with E-state index in [2.05, 4.69) is 10.0 Å². The number of hydrogen-bond donors (Lipinski definition) is 2. The van der Waals surface area contributed by atoms with Gasteiger partial charge in [0, 0.05) is 18.2 Å². The van der Waals surface area contributed by atoms with Crippen molar-refractivity contribution in [1.29, 1.82) is 0 Å². The van der Waals surface area contributed by atoms with Crippen LogP contribution in [-0.4, -0.2) is 39.5 Å². The second-order valence-electron chi connectivity index (χ2n) is 5.74. The van der Waals surface area contributed by atoms with Crippen molar-refractivity contribution in [3.63, 3.8) is 0 Å². The number of carbonyl (C=O) groups is 1. The lowest BCUT2D eigenvalue weighted by atomic mass is 10.2. The Bertz CT molecular complexity index is 683. The van der Waals surface area contributed by atoms with Crippen molar-refractivity contribution in [3.8, 4) is 11.5 Å². The molecule has 1 saturated carbocycles. The van der Waals surface area contributed by atoms with Crippen molar-refractivity contribution in [2.75, 3.05) is 19.1 Å². The minimum atomic E-state index is -3.36. The molecule has 7 nitrogen and oxygen atoms in total. The standard InChI is InChI=1S/C15H20N2O5S/c18-15(11-5-6-13-14(9-11)22-10-21-13)16-7-8-23(19,20)17-12-3-1-2-4-12/h5-6,9,12,17H,1-4,7-8,10H2,(H,16,18). The molecule has 1 aromatic rings. The predicted octanol–water partition coefficient (Wildman–Crippen LogP) is 1.01. The first kappa shape index (κ1) is 16.1. The van der Waals surface area contributed by atoms with Crippen LogP contribution in [0.3, 0.4) is 0 Å². The minimum absolute atomic E-state index is 0.0459. The molecule has 1 aliphatic carbocycles. The Balaban J connectivity index is 1.49. The number of amides is 1. The van der Waals surface area contributed by atoms with Crippen molar-refractivity contribution in [3.05, 3.63) is 23.8 Å². The predicted molar refractivity (Wildman–Crippen MR) is 84.1 cm³/mol. The molecule has 126 valence electrons. The third-order valence-electron chi connectivity index (χ3n) is 3.99. The molecule has 2 N–H and O–H groups in total. The number of ether oxygens (including phenoxy) is 2. The molecule has 1 aromatic carbocycles. The molecule has 1 fully saturated rings. The summed E-state index contributed by atoms with van der Waals surface area (Å²) < 4.78 is 37.0. The average Bonchev–Trinajstić information content (AvgIpc) is 3.16. The molecule has 0 spiro atoms. The van der Waals surface area contributed by atoms with E-state index in [0.29, 0.717) is 17.1 Å². The highest BCUT2D eigenvalue weighted by molar-refractivity contribution is 7.89. The highest BCUT2D eigenvalue weighted by Gasteiger charge is 2.21. The molecular formula is C15H20N2O5S. The maximum atomic E-state index is 12.1. The molecule has 1 aliphatic heterocycles. The third kappa shape index (κ3) is 4.14. The quantitative estimate of drug-likeness (QED) is 0.806. The van der Waals surface area contributed by atoms with E-state index in [1.165, 1.54) is 0 Å². The van der Waals surface area contributed by atoms with Gasteiger partial charge >= 0.3 is 0 Å². The zero-order chi connectivity index (χ0) is 16.3. The van der Waals surface area contributed by atoms with Crippen molar-refractivity contribution in [2.24, 2.45) is 0 Å². The average molecular weight is 340 g/mol. The summed E-state index contributed by atoms with van der Waals surface area (Å²) >= 11 is 0. The molecule has 0 aromatic heterocycles. The van der Waals surface area contributed by atoms with Gasteiger partial charge in [0.2, 0.25) is 16.8 Å². The molecule has 3 rings (SSSR count). The van der Waals surface area contributed by atoms with Crippen LogP contribution >= 0.6 is 0 Å². The Kier molecular flexibility index (Phi) is 4.72. The van der Waals surface area contributed by atoms with Gasteiger partial charge in [-0.15, -0.1) is 0 Å². The van der Waals surface area contributed by atoms with E-state index in [4.69, 9.17) is 9.47 Å². The number of sulfonamides is 1. The van der Waals surface area contributed by atoms with Crippen LogP contribution in [0.4, 0.5) is 0 Å². The van der Waals surface area contributed by atoms with Crippen LogP contribution in [0, 0.1) is 0 Å². The third-order valence-corrected chi connectivity index (χ3v) is 5.43. The summed E-state index contributed by atoms with van der Waals surface area (Å²) in [4.78, 5) is 12.1. The summed E-state index contributed by atoms with van der Waals surface area (Å²) in [5.41, 5.74) is 0.412. The number of fused-ring (bicyclic) bond motifs is 1. The molecule has 0 atom stereocenters. The zero-order valence-electron chi connectivity index (χ0n) is 12.7. The van der Waals surface area contributed by atoms with Gasteiger partial charge in [-0.2, -0.15) is 0 Å². The van der Waals surface area contributed by atoms with Gasteiger partial charge in [0.1, 0.15) is 0 Å². The van der Waals surface area contributed by atoms with E-state index >= 15 is 0 Å². The molecule has 0 bridgehead atoms. The number of carbonyl (C=O) groups excluding carboxylic acids is 1. The summed E-state index contributed by atoms with van der Waals surface area (Å²) in [6.45, 7) is 0.209. The molecule has 2 aliphatic rings. The summed E-state index contributed by atoms with van der Waals surface area (Å²) in [6, 6.07) is 4.91. The maximum absolute atomic E-state index is 12.1. The number of hydrogen-bond acceptors (Lipinski definition) is 5. The van der Waals surface area contributed by atoms with Crippen LogP contribution in [0.2, 0.25) is 0 Å². The monoisotopic (exact) mass is 340 g/mol. The lowest BCUT2D eigenvalue weighted by Crippen LogP contribution is -2.38. The molecule has 8 heteroatoms. The highest BCUT2D eigenvalue weighted by atomic mass is 32.2. The first-order valence-electron chi connectivity index (χ1n) is 7.71. The van der Waals surface area contributed by atoms with Crippen LogP contribution in [0.15, 0.2) is 18.2 Å². The first-order chi connectivity index (χ1) is 11.0. The van der Waals surface area contributed by atoms with Crippen molar-refractivity contribution in [1.82, 2.24) is 10.0 Å². The first-order valence-corrected chi connectivity index (χ1v) is 9.36. The molecule has 23 heavy (non-hydrogen) atoms. The van der Waals surface area contributed by atoms with E-state index in [9.17, 15) is 13.2 Å². The topological polar surface area (TPSA) is 93.7 Å². The largest absolute Gasteiger partial charge is 0.454 e. The summed E-state index contributed by atoms with van der Waals surface area (Å²) in [5, 5.41) is 2.62. The number of benzene rings is 1. The summed E-state index contributed by atoms with van der Waals surface area (Å²) in [7, 11) is -3.36. The van der Waals surface area contributed by atoms with Gasteiger partial charge in [-0.25, -0.2) is 13.1 Å². The minimum Gasteiger partial charge on any atom is -0.454 e. The second kappa shape index (κ2) is 6.76. The second-order valence-corrected chi connectivity index (χ2v) is 7.62. The van der Waals surface area contributed by atoms with Gasteiger partial charge in [-0.05, 0) is 31.0 Å². The van der Waals surface area contributed by atoms with Crippen LogP contribution in [-0.2, 0) is 10.0 Å². The van der Waals surface area contributed by atoms with Gasteiger partial charge in [-0.3, -0.25) is 4.79 Å². The SMILES string of the molecule is O=C(NCCS(=O)(=O)NC1CCCC1)c1ccc2c(c1)OCO2. The van der Waals surface area contributed by atoms with E-state index < -0.39 is 10.0 Å². The Morgan fingerprint density at radius 3 is 2.70 bits per heavy atom. The van der Waals surface area contributed by atoms with Gasteiger partial charge in [0.25, 0.3) is 5.91 Å². The fourth-order valence-corrected chi connectivity index (χ4v) is 4.03. The Hall–Kier alpha value is -1.80. The molecule has 1 amide bonds. The number of rotatable bonds is 6. The van der Waals surface area contributed by atoms with Crippen molar-refractivity contribution >= 4 is 15.9 Å². The lowest BCUT2D eigenvalue weighted by molar-refractivity contribution is 0.0955. The van der Waals surface area contributed by atoms with Gasteiger partial charge in [0.15, 0.2) is 11.5 Å². The lowest BCUT2D eigenvalue weighted by Gasteiger charge is -2.12. The van der Waals surface area contributed by atoms with Crippen LogP contribution in [0.5, 0.6) is 11.5 Å². The van der Waals surface area contributed by atoms with Gasteiger partial charge < -0.3 is 14.8 Å². The van der Waals surface area contributed by atoms with Crippen LogP contribution < -0.4 is 19.5 Å². The molecule has 1 heterocycles. The molecule has 0 radical (unpaired) electrons. The van der Waals surface area contributed by atoms with Crippen molar-refractivity contribution < 1.29 is 22.7 Å². The van der Waals surface area contributed by atoms with Crippen LogP contribution in [0.25, 0.3) is 0 Å². The fourth-order valence-electron chi connectivity index (χ4n) is 2.80. The highest BCUT2D eigenvalue weighted by Crippen LogP contribution is 2.32. The molecular weight excluding hydrogens is 320 g/mol. The van der Waals surface area contributed by atoms with Gasteiger partial charge in [0.05, 0.1) is 5.75 Å². The van der Waals surface area contributed by atoms with Crippen LogP contribution in [0.1, 0.15) is 36.0 Å². The molecule has 0 saturated heterocycles. The Labute approximate surface area is 135 Å². The van der Waals surface area contributed by atoms with E-state index in [-0.39, 0.29) is 31.0 Å². The summed E-state index contributed by atoms with van der Waals surface area (Å²) in [6.07, 6.45) is 3.91. The van der Waals surface area contributed by atoms with E-state index in [1.54, 1.807) is 18.2 Å².